The van der Waals surface area contributed by atoms with Crippen LogP contribution in [-0.4, -0.2) is 77.9 Å². The number of hydrogen-bond donors (Lipinski definition) is 2. The Kier molecular flexibility index (Phi) is 7.75. The van der Waals surface area contributed by atoms with Crippen LogP contribution in [0.5, 0.6) is 0 Å². The highest BCUT2D eigenvalue weighted by molar-refractivity contribution is 5.79. The molecule has 0 amide bonds. The molecular formula is C23H37N7O. The molecule has 2 aromatic heterocycles. The van der Waals surface area contributed by atoms with Crippen molar-refractivity contribution in [3.63, 3.8) is 0 Å². The van der Waals surface area contributed by atoms with Gasteiger partial charge in [0.05, 0.1) is 13.2 Å². The zero-order valence-electron chi connectivity index (χ0n) is 18.9. The van der Waals surface area contributed by atoms with Gasteiger partial charge in [0.15, 0.2) is 11.6 Å². The molecule has 0 aromatic carbocycles. The quantitative estimate of drug-likeness (QED) is 0.496. The van der Waals surface area contributed by atoms with Crippen LogP contribution < -0.4 is 10.6 Å². The van der Waals surface area contributed by atoms with E-state index in [-0.39, 0.29) is 0 Å². The van der Waals surface area contributed by atoms with Crippen LogP contribution in [0.3, 0.4) is 0 Å². The second kappa shape index (κ2) is 10.9. The minimum absolute atomic E-state index is 0.293. The lowest BCUT2D eigenvalue weighted by molar-refractivity contribution is 0.00937. The summed E-state index contributed by atoms with van der Waals surface area (Å²) in [5, 5.41) is 15.5. The number of ether oxygens (including phenoxy) is 1. The predicted octanol–water partition coefficient (Wildman–Crippen LogP) is 2.11. The molecule has 8 heteroatoms. The summed E-state index contributed by atoms with van der Waals surface area (Å²) in [4.78, 5) is 7.63. The molecule has 0 unspecified atom stereocenters. The van der Waals surface area contributed by atoms with Crippen LogP contribution >= 0.6 is 0 Å². The van der Waals surface area contributed by atoms with Crippen LogP contribution in [0, 0.1) is 5.41 Å². The number of morpholine rings is 1. The molecule has 2 fully saturated rings. The largest absolute Gasteiger partial charge is 0.379 e. The van der Waals surface area contributed by atoms with Crippen LogP contribution in [0.25, 0.3) is 5.65 Å². The minimum Gasteiger partial charge on any atom is -0.379 e. The summed E-state index contributed by atoms with van der Waals surface area (Å²) in [5.41, 5.74) is 1.18. The van der Waals surface area contributed by atoms with E-state index in [2.05, 4.69) is 32.7 Å². The van der Waals surface area contributed by atoms with Crippen molar-refractivity contribution in [1.29, 1.82) is 0 Å². The number of nitrogens with zero attached hydrogens (tertiary/aromatic N) is 5. The Balaban J connectivity index is 1.36. The molecule has 1 aliphatic carbocycles. The number of aromatic nitrogens is 3. The number of guanidine groups is 1. The van der Waals surface area contributed by atoms with Gasteiger partial charge in [-0.2, -0.15) is 0 Å². The van der Waals surface area contributed by atoms with Gasteiger partial charge in [-0.3, -0.25) is 14.3 Å². The molecule has 0 radical (unpaired) electrons. The van der Waals surface area contributed by atoms with Gasteiger partial charge in [-0.05, 0) is 31.9 Å². The minimum atomic E-state index is 0.293. The lowest BCUT2D eigenvalue weighted by Crippen LogP contribution is -2.46. The van der Waals surface area contributed by atoms with Crippen molar-refractivity contribution in [1.82, 2.24) is 30.1 Å². The average Bonchev–Trinajstić information content (AvgIpc) is 3.22. The van der Waals surface area contributed by atoms with Crippen LogP contribution in [0.2, 0.25) is 0 Å². The van der Waals surface area contributed by atoms with Crippen LogP contribution in [0.1, 0.15) is 44.9 Å². The van der Waals surface area contributed by atoms with Gasteiger partial charge in [0.1, 0.15) is 5.82 Å². The van der Waals surface area contributed by atoms with E-state index < -0.39 is 0 Å². The van der Waals surface area contributed by atoms with Gasteiger partial charge in [0, 0.05) is 57.3 Å². The van der Waals surface area contributed by atoms with E-state index in [1.165, 1.54) is 32.1 Å². The van der Waals surface area contributed by atoms with Gasteiger partial charge in [-0.15, -0.1) is 10.2 Å². The van der Waals surface area contributed by atoms with Crippen molar-refractivity contribution in [2.75, 3.05) is 52.5 Å². The monoisotopic (exact) mass is 427 g/mol. The van der Waals surface area contributed by atoms with E-state index in [1.807, 2.05) is 28.8 Å². The summed E-state index contributed by atoms with van der Waals surface area (Å²) < 4.78 is 7.60. The third-order valence-electron chi connectivity index (χ3n) is 6.52. The SMILES string of the molecule is CCNC(=NCC1(CN2CCOCC2)CCCCC1)NCCc1nnc2ccccn12. The Morgan fingerprint density at radius 1 is 1.13 bits per heavy atom. The zero-order chi connectivity index (χ0) is 21.4. The standard InChI is InChI=1S/C23H37N7O/c1-2-24-22(25-12-9-21-28-27-20-8-4-7-13-30(20)21)26-18-23(10-5-3-6-11-23)19-29-14-16-31-17-15-29/h4,7-8,13H,2-3,5-6,9-12,14-19H2,1H3,(H2,24,25,26). The fraction of sp³-hybridized carbons (Fsp3) is 0.696. The van der Waals surface area contributed by atoms with Crippen molar-refractivity contribution in [2.45, 2.75) is 45.4 Å². The number of pyridine rings is 1. The van der Waals surface area contributed by atoms with Gasteiger partial charge in [0.2, 0.25) is 0 Å². The summed E-state index contributed by atoms with van der Waals surface area (Å²) in [6, 6.07) is 5.98. The fourth-order valence-electron chi connectivity index (χ4n) is 4.84. The Morgan fingerprint density at radius 2 is 1.97 bits per heavy atom. The van der Waals surface area contributed by atoms with Gasteiger partial charge in [-0.25, -0.2) is 0 Å². The average molecular weight is 428 g/mol. The lowest BCUT2D eigenvalue weighted by atomic mass is 9.73. The Morgan fingerprint density at radius 3 is 2.77 bits per heavy atom. The first-order valence-corrected chi connectivity index (χ1v) is 11.9. The molecule has 4 rings (SSSR count). The van der Waals surface area contributed by atoms with Crippen LogP contribution in [-0.2, 0) is 11.2 Å². The number of nitrogens with one attached hydrogen (secondary N) is 2. The van der Waals surface area contributed by atoms with E-state index in [0.717, 1.165) is 76.3 Å². The van der Waals surface area contributed by atoms with E-state index in [4.69, 9.17) is 9.73 Å². The van der Waals surface area contributed by atoms with Crippen molar-refractivity contribution < 1.29 is 4.74 Å². The summed E-state index contributed by atoms with van der Waals surface area (Å²) >= 11 is 0. The first kappa shape index (κ1) is 22.0. The Hall–Kier alpha value is -2.19. The molecule has 8 nitrogen and oxygen atoms in total. The highest BCUT2D eigenvalue weighted by Crippen LogP contribution is 2.37. The number of rotatable bonds is 8. The van der Waals surface area contributed by atoms with Crippen molar-refractivity contribution >= 4 is 11.6 Å². The van der Waals surface area contributed by atoms with E-state index in [1.54, 1.807) is 0 Å². The summed E-state index contributed by atoms with van der Waals surface area (Å²) in [6.07, 6.45) is 9.38. The summed E-state index contributed by atoms with van der Waals surface area (Å²) in [6.45, 7) is 9.61. The maximum Gasteiger partial charge on any atom is 0.191 e. The van der Waals surface area contributed by atoms with Crippen molar-refractivity contribution in [3.05, 3.63) is 30.2 Å². The fourth-order valence-corrected chi connectivity index (χ4v) is 4.84. The number of fused-ring (bicyclic) bond motifs is 1. The summed E-state index contributed by atoms with van der Waals surface area (Å²) in [7, 11) is 0. The van der Waals surface area contributed by atoms with Gasteiger partial charge >= 0.3 is 0 Å². The maximum atomic E-state index is 5.55. The summed E-state index contributed by atoms with van der Waals surface area (Å²) in [5.74, 6) is 1.87. The topological polar surface area (TPSA) is 79.1 Å². The Bertz CT molecular complexity index is 837. The molecule has 31 heavy (non-hydrogen) atoms. The number of hydrogen-bond acceptors (Lipinski definition) is 5. The molecule has 0 bridgehead atoms. The molecule has 2 aliphatic rings. The van der Waals surface area contributed by atoms with Crippen molar-refractivity contribution in [3.8, 4) is 0 Å². The zero-order valence-corrected chi connectivity index (χ0v) is 18.9. The molecule has 1 saturated heterocycles. The smallest absolute Gasteiger partial charge is 0.191 e. The van der Waals surface area contributed by atoms with Gasteiger partial charge < -0.3 is 15.4 Å². The van der Waals surface area contributed by atoms with E-state index >= 15 is 0 Å². The molecule has 0 atom stereocenters. The first-order valence-electron chi connectivity index (χ1n) is 11.9. The molecule has 2 aromatic rings. The van der Waals surface area contributed by atoms with Gasteiger partial charge in [0.25, 0.3) is 0 Å². The predicted molar refractivity (Wildman–Crippen MR) is 123 cm³/mol. The second-order valence-electron chi connectivity index (χ2n) is 8.87. The maximum absolute atomic E-state index is 5.55. The first-order chi connectivity index (χ1) is 15.3. The molecule has 1 saturated carbocycles. The molecule has 170 valence electrons. The van der Waals surface area contributed by atoms with E-state index in [9.17, 15) is 0 Å². The normalized spacial score (nSPS) is 20.1. The van der Waals surface area contributed by atoms with Crippen LogP contribution in [0.4, 0.5) is 0 Å². The molecule has 1 aliphatic heterocycles. The lowest BCUT2D eigenvalue weighted by Gasteiger charge is -2.41. The molecule has 0 spiro atoms. The van der Waals surface area contributed by atoms with Gasteiger partial charge in [-0.1, -0.05) is 25.3 Å². The van der Waals surface area contributed by atoms with E-state index in [0.29, 0.717) is 5.41 Å². The van der Waals surface area contributed by atoms with Crippen LogP contribution in [0.15, 0.2) is 29.4 Å². The third-order valence-corrected chi connectivity index (χ3v) is 6.52. The Labute approximate surface area is 185 Å². The second-order valence-corrected chi connectivity index (χ2v) is 8.87. The van der Waals surface area contributed by atoms with Crippen molar-refractivity contribution in [2.24, 2.45) is 10.4 Å². The number of aliphatic imine (C=N–C) groups is 1. The highest BCUT2D eigenvalue weighted by atomic mass is 16.5. The molecule has 2 N–H and O–H groups in total. The third kappa shape index (κ3) is 5.95. The highest BCUT2D eigenvalue weighted by Gasteiger charge is 2.34. The molecular weight excluding hydrogens is 390 g/mol. The molecule has 3 heterocycles.